The molecule has 104 valence electrons. The average Bonchev–Trinajstić information content (AvgIpc) is 2.93. The maximum absolute atomic E-state index is 11.5. The molecule has 0 saturated carbocycles. The van der Waals surface area contributed by atoms with E-state index in [1.807, 2.05) is 6.07 Å². The molecule has 4 nitrogen and oxygen atoms in total. The zero-order valence-corrected chi connectivity index (χ0v) is 11.3. The molecule has 4 heteroatoms. The van der Waals surface area contributed by atoms with Gasteiger partial charge < -0.3 is 16.0 Å². The highest BCUT2D eigenvalue weighted by Gasteiger charge is 2.22. The maximum Gasteiger partial charge on any atom is 0.220 e. The van der Waals surface area contributed by atoms with Crippen molar-refractivity contribution in [2.45, 2.75) is 19.3 Å². The first kappa shape index (κ1) is 13.9. The van der Waals surface area contributed by atoms with E-state index >= 15 is 0 Å². The van der Waals surface area contributed by atoms with Gasteiger partial charge >= 0.3 is 0 Å². The third-order valence-electron chi connectivity index (χ3n) is 3.60. The number of carbonyl (C=O) groups excluding carboxylic acids is 1. The van der Waals surface area contributed by atoms with Gasteiger partial charge in [0.25, 0.3) is 0 Å². The van der Waals surface area contributed by atoms with Gasteiger partial charge in [-0.2, -0.15) is 0 Å². The number of nitrogens with two attached hydrogens (primary N) is 1. The monoisotopic (exact) mass is 261 g/mol. The molecule has 0 bridgehead atoms. The highest BCUT2D eigenvalue weighted by atomic mass is 16.1. The largest absolute Gasteiger partial charge is 0.371 e. The zero-order valence-electron chi connectivity index (χ0n) is 11.3. The van der Waals surface area contributed by atoms with Crippen LogP contribution in [0.15, 0.2) is 30.3 Å². The Morgan fingerprint density at radius 2 is 2.16 bits per heavy atom. The number of hydrogen-bond acceptors (Lipinski definition) is 3. The molecule has 0 radical (unpaired) electrons. The summed E-state index contributed by atoms with van der Waals surface area (Å²) in [5, 5.41) is 3.01. The fraction of sp³-hybridized carbons (Fsp3) is 0.533. The molecule has 1 atom stereocenters. The van der Waals surface area contributed by atoms with Crippen LogP contribution >= 0.6 is 0 Å². The molecular formula is C15H23N3O. The second-order valence-electron chi connectivity index (χ2n) is 5.13. The summed E-state index contributed by atoms with van der Waals surface area (Å²) in [7, 11) is 0. The fourth-order valence-corrected chi connectivity index (χ4v) is 2.48. The predicted octanol–water partition coefficient (Wildman–Crippen LogP) is 1.37. The van der Waals surface area contributed by atoms with Gasteiger partial charge in [-0.15, -0.1) is 0 Å². The first-order chi connectivity index (χ1) is 9.29. The highest BCUT2D eigenvalue weighted by molar-refractivity contribution is 5.75. The molecular weight excluding hydrogens is 238 g/mol. The Morgan fingerprint density at radius 3 is 2.89 bits per heavy atom. The second-order valence-corrected chi connectivity index (χ2v) is 5.13. The number of carbonyl (C=O) groups is 1. The average molecular weight is 261 g/mol. The van der Waals surface area contributed by atoms with Gasteiger partial charge in [0.2, 0.25) is 5.91 Å². The summed E-state index contributed by atoms with van der Waals surface area (Å²) in [5.41, 5.74) is 6.67. The van der Waals surface area contributed by atoms with Crippen molar-refractivity contribution < 1.29 is 4.79 Å². The number of anilines is 1. The lowest BCUT2D eigenvalue weighted by Crippen LogP contribution is -2.31. The number of rotatable bonds is 6. The third-order valence-corrected chi connectivity index (χ3v) is 3.60. The highest BCUT2D eigenvalue weighted by Crippen LogP contribution is 2.22. The van der Waals surface area contributed by atoms with Crippen LogP contribution in [0.25, 0.3) is 0 Å². The first-order valence-corrected chi connectivity index (χ1v) is 7.06. The van der Waals surface area contributed by atoms with Crippen molar-refractivity contribution in [3.63, 3.8) is 0 Å². The minimum Gasteiger partial charge on any atom is -0.371 e. The molecule has 0 aromatic heterocycles. The van der Waals surface area contributed by atoms with Gasteiger partial charge in [-0.3, -0.25) is 4.79 Å². The molecule has 19 heavy (non-hydrogen) atoms. The van der Waals surface area contributed by atoms with Crippen molar-refractivity contribution >= 4 is 11.6 Å². The Hall–Kier alpha value is -1.55. The third kappa shape index (κ3) is 4.24. The standard InChI is InChI=1S/C15H23N3O/c16-9-4-7-15(19)17-11-13-8-10-18(12-13)14-5-2-1-3-6-14/h1-3,5-6,13H,4,7-12,16H2,(H,17,19). The summed E-state index contributed by atoms with van der Waals surface area (Å²) in [6.45, 7) is 3.47. The summed E-state index contributed by atoms with van der Waals surface area (Å²) in [5.74, 6) is 0.686. The van der Waals surface area contributed by atoms with Gasteiger partial charge in [0.05, 0.1) is 0 Å². The molecule has 1 aromatic carbocycles. The minimum atomic E-state index is 0.128. The molecule has 1 aromatic rings. The van der Waals surface area contributed by atoms with E-state index in [2.05, 4.69) is 34.5 Å². The van der Waals surface area contributed by atoms with Crippen molar-refractivity contribution in [3.05, 3.63) is 30.3 Å². The van der Waals surface area contributed by atoms with E-state index in [0.717, 1.165) is 32.5 Å². The maximum atomic E-state index is 11.5. The molecule has 1 aliphatic rings. The van der Waals surface area contributed by atoms with E-state index in [1.165, 1.54) is 5.69 Å². The lowest BCUT2D eigenvalue weighted by atomic mass is 10.1. The molecule has 1 heterocycles. The Kier molecular flexibility index (Phi) is 5.21. The molecule has 2 rings (SSSR count). The van der Waals surface area contributed by atoms with Crippen molar-refractivity contribution in [1.82, 2.24) is 5.32 Å². The van der Waals surface area contributed by atoms with Crippen LogP contribution in [0, 0.1) is 5.92 Å². The summed E-state index contributed by atoms with van der Waals surface area (Å²) >= 11 is 0. The van der Waals surface area contributed by atoms with Crippen LogP contribution in [0.5, 0.6) is 0 Å². The molecule has 0 aliphatic carbocycles. The van der Waals surface area contributed by atoms with E-state index in [1.54, 1.807) is 0 Å². The first-order valence-electron chi connectivity index (χ1n) is 7.06. The number of benzene rings is 1. The second kappa shape index (κ2) is 7.14. The van der Waals surface area contributed by atoms with Gasteiger partial charge in [-0.1, -0.05) is 18.2 Å². The van der Waals surface area contributed by atoms with Crippen molar-refractivity contribution in [2.75, 3.05) is 31.1 Å². The van der Waals surface area contributed by atoms with Crippen LogP contribution in [-0.4, -0.2) is 32.1 Å². The zero-order chi connectivity index (χ0) is 13.5. The van der Waals surface area contributed by atoms with Crippen molar-refractivity contribution in [2.24, 2.45) is 11.7 Å². The Bertz CT molecular complexity index is 394. The molecule has 0 spiro atoms. The van der Waals surface area contributed by atoms with E-state index in [0.29, 0.717) is 18.9 Å². The van der Waals surface area contributed by atoms with Gasteiger partial charge in [-0.25, -0.2) is 0 Å². The van der Waals surface area contributed by atoms with Crippen LogP contribution in [0.1, 0.15) is 19.3 Å². The smallest absolute Gasteiger partial charge is 0.220 e. The van der Waals surface area contributed by atoms with Crippen LogP contribution in [0.4, 0.5) is 5.69 Å². The lowest BCUT2D eigenvalue weighted by Gasteiger charge is -2.18. The number of para-hydroxylation sites is 1. The molecule has 1 aliphatic heterocycles. The van der Waals surface area contributed by atoms with Gasteiger partial charge in [0, 0.05) is 31.7 Å². The topological polar surface area (TPSA) is 58.4 Å². The lowest BCUT2D eigenvalue weighted by molar-refractivity contribution is -0.121. The summed E-state index contributed by atoms with van der Waals surface area (Å²) < 4.78 is 0. The quantitative estimate of drug-likeness (QED) is 0.813. The summed E-state index contributed by atoms with van der Waals surface area (Å²) in [6.07, 6.45) is 2.46. The minimum absolute atomic E-state index is 0.128. The summed E-state index contributed by atoms with van der Waals surface area (Å²) in [6, 6.07) is 10.5. The summed E-state index contributed by atoms with van der Waals surface area (Å²) in [4.78, 5) is 13.9. The van der Waals surface area contributed by atoms with Crippen molar-refractivity contribution in [3.8, 4) is 0 Å². The van der Waals surface area contributed by atoms with E-state index in [-0.39, 0.29) is 5.91 Å². The van der Waals surface area contributed by atoms with E-state index in [9.17, 15) is 4.79 Å². The van der Waals surface area contributed by atoms with Crippen LogP contribution in [0.2, 0.25) is 0 Å². The number of nitrogens with zero attached hydrogens (tertiary/aromatic N) is 1. The van der Waals surface area contributed by atoms with Crippen LogP contribution in [-0.2, 0) is 4.79 Å². The van der Waals surface area contributed by atoms with Crippen molar-refractivity contribution in [1.29, 1.82) is 0 Å². The van der Waals surface area contributed by atoms with E-state index < -0.39 is 0 Å². The predicted molar refractivity (Wildman–Crippen MR) is 78.1 cm³/mol. The van der Waals surface area contributed by atoms with Crippen LogP contribution < -0.4 is 16.0 Å². The molecule has 1 fully saturated rings. The van der Waals surface area contributed by atoms with Gasteiger partial charge in [0.1, 0.15) is 0 Å². The normalized spacial score (nSPS) is 18.6. The van der Waals surface area contributed by atoms with E-state index in [4.69, 9.17) is 5.73 Å². The Morgan fingerprint density at radius 1 is 1.37 bits per heavy atom. The Labute approximate surface area is 115 Å². The SMILES string of the molecule is NCCCC(=O)NCC1CCN(c2ccccc2)C1. The van der Waals surface area contributed by atoms with Gasteiger partial charge in [0.15, 0.2) is 0 Å². The molecule has 3 N–H and O–H groups in total. The van der Waals surface area contributed by atoms with Crippen LogP contribution in [0.3, 0.4) is 0 Å². The fourth-order valence-electron chi connectivity index (χ4n) is 2.48. The number of nitrogens with one attached hydrogen (secondary N) is 1. The molecule has 1 saturated heterocycles. The number of amides is 1. The van der Waals surface area contributed by atoms with Gasteiger partial charge in [-0.05, 0) is 37.4 Å². The number of hydrogen-bond donors (Lipinski definition) is 2. The Balaban J connectivity index is 1.72. The molecule has 1 unspecified atom stereocenters. The molecule has 1 amide bonds.